The van der Waals surface area contributed by atoms with E-state index >= 15 is 0 Å². The van der Waals surface area contributed by atoms with Gasteiger partial charge in [-0.15, -0.1) is 0 Å². The van der Waals surface area contributed by atoms with E-state index in [1.54, 1.807) is 11.0 Å². The van der Waals surface area contributed by atoms with Gasteiger partial charge in [-0.25, -0.2) is 0 Å². The summed E-state index contributed by atoms with van der Waals surface area (Å²) in [5.74, 6) is 0.565. The monoisotopic (exact) mass is 526 g/mol. The van der Waals surface area contributed by atoms with E-state index in [1.807, 2.05) is 73.7 Å². The van der Waals surface area contributed by atoms with Crippen molar-refractivity contribution in [3.8, 4) is 17.2 Å². The molecule has 0 aliphatic carbocycles. The number of amides is 1. The van der Waals surface area contributed by atoms with Crippen LogP contribution in [0.3, 0.4) is 0 Å². The number of aliphatic hydroxyl groups is 1. The second kappa shape index (κ2) is 11.3. The van der Waals surface area contributed by atoms with E-state index in [9.17, 15) is 14.7 Å². The average molecular weight is 527 g/mol. The van der Waals surface area contributed by atoms with Crippen molar-refractivity contribution in [2.24, 2.45) is 0 Å². The number of carbonyl (C=O) groups is 2. The minimum atomic E-state index is -0.747. The van der Waals surface area contributed by atoms with Crippen molar-refractivity contribution in [2.75, 3.05) is 26.2 Å². The maximum absolute atomic E-state index is 13.5. The van der Waals surface area contributed by atoms with Gasteiger partial charge in [0.2, 0.25) is 0 Å². The largest absolute Gasteiger partial charge is 0.507 e. The minimum Gasteiger partial charge on any atom is -0.507 e. The van der Waals surface area contributed by atoms with Crippen LogP contribution in [0.4, 0.5) is 0 Å². The molecule has 2 atom stereocenters. The van der Waals surface area contributed by atoms with E-state index in [0.29, 0.717) is 35.7 Å². The Morgan fingerprint density at radius 3 is 2.49 bits per heavy atom. The Morgan fingerprint density at radius 1 is 1.00 bits per heavy atom. The van der Waals surface area contributed by atoms with Crippen LogP contribution in [0, 0.1) is 0 Å². The standard InChI is InChI=1S/C32H34N2O5/c1-4-33(5-2)16-17-34-29(22-10-9-13-26(20-22)39-25-11-7-6-8-12-25)28(31(36)32(34)37)30(35)23-14-15-27-24(19-23)18-21(3)38-27/h6-15,19-21,29,35H,4-5,16-18H2,1-3H3/t21-,29+/m1/s1. The van der Waals surface area contributed by atoms with Crippen LogP contribution in [0.5, 0.6) is 17.2 Å². The SMILES string of the molecule is CCN(CC)CCN1C(=O)C(=O)C(=C(O)c2ccc3c(c2)C[C@@H](C)O3)[C@@H]1c1cccc(Oc2ccccc2)c1. The Morgan fingerprint density at radius 2 is 1.74 bits per heavy atom. The lowest BCUT2D eigenvalue weighted by Gasteiger charge is -2.28. The zero-order valence-electron chi connectivity index (χ0n) is 22.6. The fourth-order valence-electron chi connectivity index (χ4n) is 5.34. The minimum absolute atomic E-state index is 0.0513. The van der Waals surface area contributed by atoms with Gasteiger partial charge in [0, 0.05) is 25.1 Å². The predicted molar refractivity (Wildman–Crippen MR) is 150 cm³/mol. The highest BCUT2D eigenvalue weighted by Crippen LogP contribution is 2.41. The molecule has 0 radical (unpaired) electrons. The van der Waals surface area contributed by atoms with Crippen molar-refractivity contribution in [1.82, 2.24) is 9.80 Å². The number of aliphatic hydroxyl groups excluding tert-OH is 1. The molecule has 39 heavy (non-hydrogen) atoms. The molecule has 2 aliphatic heterocycles. The fourth-order valence-corrected chi connectivity index (χ4v) is 5.34. The molecule has 1 saturated heterocycles. The van der Waals surface area contributed by atoms with Gasteiger partial charge in [-0.05, 0) is 73.6 Å². The molecular formula is C32H34N2O5. The number of benzene rings is 3. The van der Waals surface area contributed by atoms with Crippen molar-refractivity contribution in [2.45, 2.75) is 39.3 Å². The lowest BCUT2D eigenvalue weighted by molar-refractivity contribution is -0.140. The molecule has 0 aromatic heterocycles. The first-order chi connectivity index (χ1) is 18.9. The van der Waals surface area contributed by atoms with Crippen molar-refractivity contribution in [3.63, 3.8) is 0 Å². The van der Waals surface area contributed by atoms with Crippen LogP contribution in [0.2, 0.25) is 0 Å². The number of likely N-dealkylation sites (N-methyl/N-ethyl adjacent to an activating group) is 1. The summed E-state index contributed by atoms with van der Waals surface area (Å²) in [6, 6.07) is 21.5. The van der Waals surface area contributed by atoms with Crippen molar-refractivity contribution in [3.05, 3.63) is 95.1 Å². The summed E-state index contributed by atoms with van der Waals surface area (Å²) in [6.07, 6.45) is 0.771. The van der Waals surface area contributed by atoms with E-state index in [0.717, 1.165) is 30.8 Å². The van der Waals surface area contributed by atoms with E-state index in [-0.39, 0.29) is 17.4 Å². The Bertz CT molecular complexity index is 1400. The number of Topliss-reactive ketones (excluding diaryl/α,β-unsaturated/α-hetero) is 1. The molecule has 2 aliphatic rings. The molecule has 0 saturated carbocycles. The number of carbonyl (C=O) groups excluding carboxylic acids is 2. The number of rotatable bonds is 9. The number of hydrogen-bond acceptors (Lipinski definition) is 6. The van der Waals surface area contributed by atoms with Crippen LogP contribution in [0.15, 0.2) is 78.4 Å². The highest BCUT2D eigenvalue weighted by Gasteiger charge is 2.46. The molecule has 1 N–H and O–H groups in total. The summed E-state index contributed by atoms with van der Waals surface area (Å²) in [4.78, 5) is 30.7. The summed E-state index contributed by atoms with van der Waals surface area (Å²) < 4.78 is 11.9. The molecule has 7 nitrogen and oxygen atoms in total. The zero-order chi connectivity index (χ0) is 27.5. The predicted octanol–water partition coefficient (Wildman–Crippen LogP) is 5.57. The molecule has 0 bridgehead atoms. The number of nitrogens with zero attached hydrogens (tertiary/aromatic N) is 2. The Balaban J connectivity index is 1.57. The number of ketones is 1. The van der Waals surface area contributed by atoms with Crippen LogP contribution in [0.25, 0.3) is 5.76 Å². The molecule has 7 heteroatoms. The lowest BCUT2D eigenvalue weighted by atomic mass is 9.94. The van der Waals surface area contributed by atoms with Crippen molar-refractivity contribution in [1.29, 1.82) is 0 Å². The molecule has 3 aromatic rings. The molecular weight excluding hydrogens is 492 g/mol. The summed E-state index contributed by atoms with van der Waals surface area (Å²) in [6.45, 7) is 8.77. The van der Waals surface area contributed by atoms with Crippen LogP contribution >= 0.6 is 0 Å². The molecule has 0 unspecified atom stereocenters. The summed E-state index contributed by atoms with van der Waals surface area (Å²) in [5.41, 5.74) is 2.25. The fraction of sp³-hybridized carbons (Fsp3) is 0.312. The van der Waals surface area contributed by atoms with Gasteiger partial charge in [0.1, 0.15) is 29.1 Å². The molecule has 2 heterocycles. The number of likely N-dealkylation sites (tertiary alicyclic amines) is 1. The molecule has 202 valence electrons. The molecule has 0 spiro atoms. The quantitative estimate of drug-likeness (QED) is 0.223. The highest BCUT2D eigenvalue weighted by atomic mass is 16.5. The molecule has 1 amide bonds. The third-order valence-electron chi connectivity index (χ3n) is 7.41. The summed E-state index contributed by atoms with van der Waals surface area (Å²) >= 11 is 0. The third kappa shape index (κ3) is 5.40. The van der Waals surface area contributed by atoms with Gasteiger partial charge in [-0.2, -0.15) is 0 Å². The zero-order valence-corrected chi connectivity index (χ0v) is 22.6. The van der Waals surface area contributed by atoms with Gasteiger partial charge >= 0.3 is 0 Å². The number of para-hydroxylation sites is 1. The molecule has 5 rings (SSSR count). The van der Waals surface area contributed by atoms with E-state index < -0.39 is 17.7 Å². The van der Waals surface area contributed by atoms with Gasteiger partial charge in [-0.3, -0.25) is 9.59 Å². The molecule has 3 aromatic carbocycles. The normalized spacial score (nSPS) is 19.8. The number of fused-ring (bicyclic) bond motifs is 1. The van der Waals surface area contributed by atoms with Gasteiger partial charge < -0.3 is 24.4 Å². The Hall–Kier alpha value is -4.10. The van der Waals surface area contributed by atoms with Crippen LogP contribution in [0.1, 0.15) is 43.5 Å². The van der Waals surface area contributed by atoms with Gasteiger partial charge in [-0.1, -0.05) is 44.2 Å². The Labute approximate surface area is 229 Å². The number of hydrogen-bond donors (Lipinski definition) is 1. The second-order valence-electron chi connectivity index (χ2n) is 9.96. The van der Waals surface area contributed by atoms with E-state index in [1.165, 1.54) is 0 Å². The van der Waals surface area contributed by atoms with E-state index in [4.69, 9.17) is 9.47 Å². The average Bonchev–Trinajstić information content (AvgIpc) is 3.44. The Kier molecular flexibility index (Phi) is 7.70. The smallest absolute Gasteiger partial charge is 0.295 e. The molecule has 1 fully saturated rings. The third-order valence-corrected chi connectivity index (χ3v) is 7.41. The van der Waals surface area contributed by atoms with Crippen LogP contribution in [-0.2, 0) is 16.0 Å². The lowest BCUT2D eigenvalue weighted by Crippen LogP contribution is -2.38. The topological polar surface area (TPSA) is 79.3 Å². The van der Waals surface area contributed by atoms with Crippen LogP contribution < -0.4 is 9.47 Å². The summed E-state index contributed by atoms with van der Waals surface area (Å²) in [5, 5.41) is 11.5. The first-order valence-electron chi connectivity index (χ1n) is 13.5. The van der Waals surface area contributed by atoms with Crippen LogP contribution in [-0.4, -0.2) is 58.9 Å². The van der Waals surface area contributed by atoms with E-state index in [2.05, 4.69) is 18.7 Å². The maximum Gasteiger partial charge on any atom is 0.295 e. The second-order valence-corrected chi connectivity index (χ2v) is 9.96. The van der Waals surface area contributed by atoms with Crippen molar-refractivity contribution >= 4 is 17.4 Å². The first-order valence-corrected chi connectivity index (χ1v) is 13.5. The maximum atomic E-state index is 13.5. The van der Waals surface area contributed by atoms with Gasteiger partial charge in [0.15, 0.2) is 0 Å². The van der Waals surface area contributed by atoms with Gasteiger partial charge in [0.25, 0.3) is 11.7 Å². The first kappa shape index (κ1) is 26.5. The summed E-state index contributed by atoms with van der Waals surface area (Å²) in [7, 11) is 0. The highest BCUT2D eigenvalue weighted by molar-refractivity contribution is 6.46. The van der Waals surface area contributed by atoms with Gasteiger partial charge in [0.05, 0.1) is 11.6 Å². The number of ether oxygens (including phenoxy) is 2. The van der Waals surface area contributed by atoms with Crippen molar-refractivity contribution < 1.29 is 24.2 Å².